The zero-order chi connectivity index (χ0) is 15.8. The van der Waals surface area contributed by atoms with E-state index in [4.69, 9.17) is 22.1 Å². The monoisotopic (exact) mass is 313 g/mol. The van der Waals surface area contributed by atoms with Gasteiger partial charge in [0.1, 0.15) is 0 Å². The summed E-state index contributed by atoms with van der Waals surface area (Å²) in [4.78, 5) is 23.5. The topological polar surface area (TPSA) is 93.4 Å². The third-order valence-electron chi connectivity index (χ3n) is 2.88. The number of hydrogen-bond donors (Lipinski definition) is 3. The highest BCUT2D eigenvalue weighted by Crippen LogP contribution is 2.19. The van der Waals surface area contributed by atoms with E-state index in [-0.39, 0.29) is 37.6 Å². The maximum absolute atomic E-state index is 12.3. The molecular formula is C14H20ClN3O3. The number of rotatable bonds is 7. The quantitative estimate of drug-likeness (QED) is 0.682. The molecule has 0 aliphatic rings. The fourth-order valence-corrected chi connectivity index (χ4v) is 2.15. The number of ether oxygens (including phenoxy) is 1. The van der Waals surface area contributed by atoms with Gasteiger partial charge in [-0.15, -0.1) is 0 Å². The van der Waals surface area contributed by atoms with Gasteiger partial charge in [0.25, 0.3) is 5.91 Å². The minimum atomic E-state index is -0.367. The first-order valence-corrected chi connectivity index (χ1v) is 6.89. The minimum absolute atomic E-state index is 0.0999. The summed E-state index contributed by atoms with van der Waals surface area (Å²) in [6.45, 7) is 2.21. The van der Waals surface area contributed by atoms with E-state index in [0.29, 0.717) is 10.6 Å². The van der Waals surface area contributed by atoms with Crippen LogP contribution in [0.15, 0.2) is 18.2 Å². The predicted molar refractivity (Wildman–Crippen MR) is 81.4 cm³/mol. The summed E-state index contributed by atoms with van der Waals surface area (Å²) < 4.78 is 5.04. The van der Waals surface area contributed by atoms with Gasteiger partial charge < -0.3 is 21.1 Å². The van der Waals surface area contributed by atoms with Gasteiger partial charge in [0.2, 0.25) is 5.91 Å². The lowest BCUT2D eigenvalue weighted by molar-refractivity contribution is -0.119. The lowest BCUT2D eigenvalue weighted by Gasteiger charge is -2.19. The summed E-state index contributed by atoms with van der Waals surface area (Å²) in [5.74, 6) is -0.596. The van der Waals surface area contributed by atoms with E-state index >= 15 is 0 Å². The molecule has 0 aromatic heterocycles. The van der Waals surface area contributed by atoms with Crippen LogP contribution in [-0.2, 0) is 9.53 Å². The Labute approximate surface area is 129 Å². The van der Waals surface area contributed by atoms with E-state index < -0.39 is 0 Å². The fraction of sp³-hybridized carbons (Fsp3) is 0.429. The van der Waals surface area contributed by atoms with E-state index in [1.165, 1.54) is 7.11 Å². The Morgan fingerprint density at radius 1 is 1.43 bits per heavy atom. The zero-order valence-electron chi connectivity index (χ0n) is 12.1. The normalized spacial score (nSPS) is 11.8. The van der Waals surface area contributed by atoms with Crippen LogP contribution in [0.5, 0.6) is 0 Å². The van der Waals surface area contributed by atoms with Crippen molar-refractivity contribution in [2.45, 2.75) is 13.0 Å². The molecule has 1 aromatic rings. The third kappa shape index (κ3) is 5.34. The van der Waals surface area contributed by atoms with Gasteiger partial charge in [0.15, 0.2) is 0 Å². The van der Waals surface area contributed by atoms with Crippen LogP contribution < -0.4 is 16.4 Å². The summed E-state index contributed by atoms with van der Waals surface area (Å²) in [6, 6.07) is 4.88. The van der Waals surface area contributed by atoms with Crippen molar-refractivity contribution in [3.63, 3.8) is 0 Å². The number of nitrogens with one attached hydrogen (secondary N) is 2. The van der Waals surface area contributed by atoms with E-state index in [9.17, 15) is 9.59 Å². The Morgan fingerprint density at radius 3 is 2.71 bits per heavy atom. The second kappa shape index (κ2) is 8.61. The Kier molecular flexibility index (Phi) is 7.14. The molecule has 0 saturated heterocycles. The van der Waals surface area contributed by atoms with Gasteiger partial charge in [0.05, 0.1) is 29.8 Å². The van der Waals surface area contributed by atoms with Gasteiger partial charge in [0, 0.05) is 13.7 Å². The second-order valence-corrected chi connectivity index (χ2v) is 4.97. The maximum Gasteiger partial charge on any atom is 0.253 e. The van der Waals surface area contributed by atoms with Gasteiger partial charge in [-0.1, -0.05) is 23.7 Å². The van der Waals surface area contributed by atoms with Crippen LogP contribution >= 0.6 is 11.6 Å². The lowest BCUT2D eigenvalue weighted by atomic mass is 10.1. The molecule has 1 atom stereocenters. The Bertz CT molecular complexity index is 488. The molecule has 6 nitrogen and oxygen atoms in total. The van der Waals surface area contributed by atoms with Gasteiger partial charge in [-0.2, -0.15) is 0 Å². The number of benzene rings is 1. The molecule has 0 radical (unpaired) electrons. The van der Waals surface area contributed by atoms with Crippen molar-refractivity contribution in [1.82, 2.24) is 10.6 Å². The van der Waals surface area contributed by atoms with Gasteiger partial charge in [-0.05, 0) is 18.6 Å². The van der Waals surface area contributed by atoms with Crippen molar-refractivity contribution in [3.8, 4) is 0 Å². The van der Waals surface area contributed by atoms with Crippen LogP contribution in [0.25, 0.3) is 0 Å². The van der Waals surface area contributed by atoms with Crippen molar-refractivity contribution in [3.05, 3.63) is 34.3 Å². The van der Waals surface area contributed by atoms with Crippen LogP contribution in [0.3, 0.4) is 0 Å². The molecule has 0 fully saturated rings. The van der Waals surface area contributed by atoms with Crippen molar-refractivity contribution in [2.24, 2.45) is 5.73 Å². The third-order valence-corrected chi connectivity index (χ3v) is 3.20. The van der Waals surface area contributed by atoms with Crippen molar-refractivity contribution in [1.29, 1.82) is 0 Å². The number of carbonyl (C=O) groups is 2. The zero-order valence-corrected chi connectivity index (χ0v) is 12.9. The smallest absolute Gasteiger partial charge is 0.253 e. The summed E-state index contributed by atoms with van der Waals surface area (Å²) >= 11 is 6.06. The molecule has 0 aliphatic carbocycles. The molecule has 21 heavy (non-hydrogen) atoms. The number of carbonyl (C=O) groups excluding carboxylic acids is 2. The molecular weight excluding hydrogens is 294 g/mol. The first-order valence-electron chi connectivity index (χ1n) is 6.51. The Morgan fingerprint density at radius 2 is 2.14 bits per heavy atom. The summed E-state index contributed by atoms with van der Waals surface area (Å²) in [5, 5.41) is 5.79. The average molecular weight is 314 g/mol. The summed E-state index contributed by atoms with van der Waals surface area (Å²) in [6.07, 6.45) is 0. The fourth-order valence-electron chi connectivity index (χ4n) is 1.84. The molecule has 0 spiro atoms. The van der Waals surface area contributed by atoms with Crippen molar-refractivity contribution >= 4 is 23.4 Å². The molecule has 0 unspecified atom stereocenters. The molecule has 2 amide bonds. The molecule has 7 heteroatoms. The molecule has 0 bridgehead atoms. The van der Waals surface area contributed by atoms with Crippen LogP contribution in [0, 0.1) is 6.92 Å². The van der Waals surface area contributed by atoms with Crippen molar-refractivity contribution < 1.29 is 14.3 Å². The molecule has 1 rings (SSSR count). The Hall–Kier alpha value is -1.63. The number of aryl methyl sites for hydroxylation is 1. The van der Waals surface area contributed by atoms with Crippen LogP contribution in [0.4, 0.5) is 0 Å². The molecule has 4 N–H and O–H groups in total. The standard InChI is InChI=1S/C14H20ClN3O3/c1-9-4-3-5-11(15)13(9)14(20)18-10(8-21-2)7-17-12(19)6-16/h3-5,10H,6-8,16H2,1-2H3,(H,17,19)(H,18,20)/t10-/m0/s1. The number of nitrogens with two attached hydrogens (primary N) is 1. The highest BCUT2D eigenvalue weighted by Gasteiger charge is 2.18. The Balaban J connectivity index is 2.74. The van der Waals surface area contributed by atoms with Crippen molar-refractivity contribution in [2.75, 3.05) is 26.8 Å². The SMILES string of the molecule is COC[C@H](CNC(=O)CN)NC(=O)c1c(C)cccc1Cl. The number of amides is 2. The molecule has 116 valence electrons. The molecule has 0 heterocycles. The van der Waals surface area contributed by atoms with Crippen LogP contribution in [0.1, 0.15) is 15.9 Å². The number of methoxy groups -OCH3 is 1. The lowest BCUT2D eigenvalue weighted by Crippen LogP contribution is -2.47. The minimum Gasteiger partial charge on any atom is -0.382 e. The van der Waals surface area contributed by atoms with Gasteiger partial charge in [-0.25, -0.2) is 0 Å². The van der Waals surface area contributed by atoms with Gasteiger partial charge >= 0.3 is 0 Å². The van der Waals surface area contributed by atoms with Crippen LogP contribution in [-0.4, -0.2) is 44.7 Å². The molecule has 0 saturated carbocycles. The predicted octanol–water partition coefficient (Wildman–Crippen LogP) is 0.468. The highest BCUT2D eigenvalue weighted by atomic mass is 35.5. The van der Waals surface area contributed by atoms with Crippen LogP contribution in [0.2, 0.25) is 5.02 Å². The van der Waals surface area contributed by atoms with E-state index in [2.05, 4.69) is 10.6 Å². The number of halogens is 1. The summed E-state index contributed by atoms with van der Waals surface area (Å²) in [7, 11) is 1.52. The molecule has 1 aromatic carbocycles. The van der Waals surface area contributed by atoms with E-state index in [1.807, 2.05) is 13.0 Å². The maximum atomic E-state index is 12.3. The van der Waals surface area contributed by atoms with E-state index in [0.717, 1.165) is 5.56 Å². The largest absolute Gasteiger partial charge is 0.382 e. The highest BCUT2D eigenvalue weighted by molar-refractivity contribution is 6.34. The molecule has 0 aliphatic heterocycles. The second-order valence-electron chi connectivity index (χ2n) is 4.57. The first-order chi connectivity index (χ1) is 9.99. The number of hydrogen-bond acceptors (Lipinski definition) is 4. The van der Waals surface area contributed by atoms with E-state index in [1.54, 1.807) is 12.1 Å². The van der Waals surface area contributed by atoms with Gasteiger partial charge in [-0.3, -0.25) is 9.59 Å². The average Bonchev–Trinajstić information content (AvgIpc) is 2.44. The first kappa shape index (κ1) is 17.4. The summed E-state index contributed by atoms with van der Waals surface area (Å²) in [5.41, 5.74) is 6.42.